The zero-order valence-electron chi connectivity index (χ0n) is 12.6. The summed E-state index contributed by atoms with van der Waals surface area (Å²) in [6, 6.07) is 4.93. The van der Waals surface area contributed by atoms with E-state index in [1.54, 1.807) is 0 Å². The Kier molecular flexibility index (Phi) is 4.06. The molecule has 0 aromatic carbocycles. The van der Waals surface area contributed by atoms with Gasteiger partial charge in [0.15, 0.2) is 0 Å². The number of pyridine rings is 1. The van der Waals surface area contributed by atoms with Crippen LogP contribution in [0, 0.1) is 0 Å². The van der Waals surface area contributed by atoms with Crippen molar-refractivity contribution in [2.45, 2.75) is 44.8 Å². The van der Waals surface area contributed by atoms with E-state index in [2.05, 4.69) is 41.2 Å². The molecule has 110 valence electrons. The lowest BCUT2D eigenvalue weighted by Crippen LogP contribution is -2.36. The van der Waals surface area contributed by atoms with Crippen molar-refractivity contribution in [3.8, 4) is 0 Å². The predicted molar refractivity (Wildman–Crippen MR) is 79.5 cm³/mol. The maximum Gasteiger partial charge on any atom is 0.0612 e. The van der Waals surface area contributed by atoms with E-state index in [1.165, 1.54) is 24.1 Å². The third-order valence-corrected chi connectivity index (χ3v) is 4.14. The van der Waals surface area contributed by atoms with Crippen LogP contribution in [-0.4, -0.2) is 42.2 Å². The molecular formula is C16H25N3O. The fourth-order valence-electron chi connectivity index (χ4n) is 3.00. The highest BCUT2D eigenvalue weighted by molar-refractivity contribution is 5.27. The molecule has 1 aromatic heterocycles. The van der Waals surface area contributed by atoms with Crippen LogP contribution in [0.4, 0.5) is 0 Å². The summed E-state index contributed by atoms with van der Waals surface area (Å²) in [7, 11) is 0. The minimum atomic E-state index is 0.148. The lowest BCUT2D eigenvalue weighted by Gasteiger charge is -2.27. The Morgan fingerprint density at radius 1 is 1.35 bits per heavy atom. The molecule has 2 aliphatic rings. The van der Waals surface area contributed by atoms with Gasteiger partial charge in [0.2, 0.25) is 0 Å². The van der Waals surface area contributed by atoms with E-state index in [0.717, 1.165) is 32.8 Å². The van der Waals surface area contributed by atoms with Gasteiger partial charge in [0.05, 0.1) is 24.4 Å². The van der Waals surface area contributed by atoms with Crippen LogP contribution >= 0.6 is 0 Å². The van der Waals surface area contributed by atoms with Gasteiger partial charge < -0.3 is 10.1 Å². The van der Waals surface area contributed by atoms with Crippen LogP contribution in [0.1, 0.15) is 37.9 Å². The molecule has 0 bridgehead atoms. The van der Waals surface area contributed by atoms with Crippen LogP contribution in [0.15, 0.2) is 18.3 Å². The van der Waals surface area contributed by atoms with Gasteiger partial charge in [-0.05, 0) is 44.4 Å². The Morgan fingerprint density at radius 2 is 2.10 bits per heavy atom. The molecule has 0 atom stereocenters. The van der Waals surface area contributed by atoms with Crippen LogP contribution in [0.25, 0.3) is 0 Å². The Morgan fingerprint density at radius 3 is 2.75 bits per heavy atom. The van der Waals surface area contributed by atoms with Gasteiger partial charge in [-0.2, -0.15) is 0 Å². The molecule has 20 heavy (non-hydrogen) atoms. The van der Waals surface area contributed by atoms with E-state index in [1.807, 2.05) is 6.20 Å². The van der Waals surface area contributed by atoms with Gasteiger partial charge >= 0.3 is 0 Å². The van der Waals surface area contributed by atoms with Crippen molar-refractivity contribution in [1.82, 2.24) is 15.2 Å². The van der Waals surface area contributed by atoms with Crippen LogP contribution in [0.5, 0.6) is 0 Å². The smallest absolute Gasteiger partial charge is 0.0612 e. The highest BCUT2D eigenvalue weighted by Gasteiger charge is 2.45. The molecule has 1 aliphatic carbocycles. The standard InChI is InChI=1S/C16H25N3O/c1-13(2)18-16(4-5-16)15-11-14(3-6-17-15)12-19-7-9-20-10-8-19/h3,6,11,13,18H,4-5,7-10,12H2,1-2H3. The number of nitrogens with one attached hydrogen (secondary N) is 1. The minimum absolute atomic E-state index is 0.148. The molecule has 4 nitrogen and oxygen atoms in total. The van der Waals surface area contributed by atoms with E-state index in [9.17, 15) is 0 Å². The van der Waals surface area contributed by atoms with E-state index in [0.29, 0.717) is 6.04 Å². The molecule has 0 unspecified atom stereocenters. The van der Waals surface area contributed by atoms with Gasteiger partial charge in [0, 0.05) is 31.9 Å². The van der Waals surface area contributed by atoms with Crippen molar-refractivity contribution >= 4 is 0 Å². The maximum absolute atomic E-state index is 5.41. The Balaban J connectivity index is 1.69. The topological polar surface area (TPSA) is 37.4 Å². The van der Waals surface area contributed by atoms with Gasteiger partial charge in [0.25, 0.3) is 0 Å². The van der Waals surface area contributed by atoms with Crippen LogP contribution in [-0.2, 0) is 16.8 Å². The number of rotatable bonds is 5. The second-order valence-corrected chi connectivity index (χ2v) is 6.32. The first-order valence-corrected chi connectivity index (χ1v) is 7.71. The van der Waals surface area contributed by atoms with Crippen molar-refractivity contribution in [3.63, 3.8) is 0 Å². The van der Waals surface area contributed by atoms with Gasteiger partial charge in [-0.1, -0.05) is 0 Å². The molecule has 0 amide bonds. The molecule has 1 N–H and O–H groups in total. The van der Waals surface area contributed by atoms with Crippen molar-refractivity contribution < 1.29 is 4.74 Å². The van der Waals surface area contributed by atoms with Crippen molar-refractivity contribution in [2.24, 2.45) is 0 Å². The molecule has 1 saturated heterocycles. The average Bonchev–Trinajstić information content (AvgIpc) is 3.20. The number of hydrogen-bond acceptors (Lipinski definition) is 4. The highest BCUT2D eigenvalue weighted by atomic mass is 16.5. The number of morpholine rings is 1. The predicted octanol–water partition coefficient (Wildman–Crippen LogP) is 1.90. The van der Waals surface area contributed by atoms with Gasteiger partial charge in [-0.15, -0.1) is 0 Å². The Labute approximate surface area is 121 Å². The lowest BCUT2D eigenvalue weighted by atomic mass is 10.1. The van der Waals surface area contributed by atoms with Gasteiger partial charge in [0.1, 0.15) is 0 Å². The van der Waals surface area contributed by atoms with E-state index in [-0.39, 0.29) is 5.54 Å². The number of aromatic nitrogens is 1. The summed E-state index contributed by atoms with van der Waals surface area (Å²) in [5, 5.41) is 3.68. The SMILES string of the molecule is CC(C)NC1(c2cc(CN3CCOCC3)ccn2)CC1. The first-order valence-electron chi connectivity index (χ1n) is 7.71. The van der Waals surface area contributed by atoms with Crippen LogP contribution in [0.3, 0.4) is 0 Å². The third kappa shape index (κ3) is 3.19. The summed E-state index contributed by atoms with van der Waals surface area (Å²) in [6.07, 6.45) is 4.38. The summed E-state index contributed by atoms with van der Waals surface area (Å²) in [4.78, 5) is 7.07. The normalized spacial score (nSPS) is 22.1. The summed E-state index contributed by atoms with van der Waals surface area (Å²) < 4.78 is 5.41. The van der Waals surface area contributed by atoms with Crippen LogP contribution < -0.4 is 5.32 Å². The molecule has 3 rings (SSSR count). The van der Waals surface area contributed by atoms with Crippen molar-refractivity contribution in [2.75, 3.05) is 26.3 Å². The zero-order valence-corrected chi connectivity index (χ0v) is 12.6. The third-order valence-electron chi connectivity index (χ3n) is 4.14. The number of nitrogens with zero attached hydrogens (tertiary/aromatic N) is 2. The fourth-order valence-corrected chi connectivity index (χ4v) is 3.00. The monoisotopic (exact) mass is 275 g/mol. The number of hydrogen-bond donors (Lipinski definition) is 1. The first-order chi connectivity index (χ1) is 9.68. The summed E-state index contributed by atoms with van der Waals surface area (Å²) >= 11 is 0. The summed E-state index contributed by atoms with van der Waals surface area (Å²) in [5.74, 6) is 0. The van der Waals surface area contributed by atoms with Gasteiger partial charge in [-0.25, -0.2) is 0 Å². The second-order valence-electron chi connectivity index (χ2n) is 6.32. The average molecular weight is 275 g/mol. The van der Waals surface area contributed by atoms with E-state index >= 15 is 0 Å². The largest absolute Gasteiger partial charge is 0.379 e. The molecule has 1 aliphatic heterocycles. The molecule has 0 radical (unpaired) electrons. The van der Waals surface area contributed by atoms with Crippen molar-refractivity contribution in [3.05, 3.63) is 29.6 Å². The molecular weight excluding hydrogens is 250 g/mol. The fraction of sp³-hybridized carbons (Fsp3) is 0.688. The number of ether oxygens (including phenoxy) is 1. The summed E-state index contributed by atoms with van der Waals surface area (Å²) in [5.41, 5.74) is 2.74. The second kappa shape index (κ2) is 5.80. The van der Waals surface area contributed by atoms with Gasteiger partial charge in [-0.3, -0.25) is 9.88 Å². The zero-order chi connectivity index (χ0) is 14.0. The minimum Gasteiger partial charge on any atom is -0.379 e. The first kappa shape index (κ1) is 14.0. The molecule has 4 heteroatoms. The van der Waals surface area contributed by atoms with E-state index < -0.39 is 0 Å². The molecule has 2 heterocycles. The Hall–Kier alpha value is -0.970. The van der Waals surface area contributed by atoms with Crippen molar-refractivity contribution in [1.29, 1.82) is 0 Å². The molecule has 1 aromatic rings. The van der Waals surface area contributed by atoms with Crippen LogP contribution in [0.2, 0.25) is 0 Å². The Bertz CT molecular complexity index is 451. The molecule has 1 saturated carbocycles. The molecule has 0 spiro atoms. The highest BCUT2D eigenvalue weighted by Crippen LogP contribution is 2.45. The molecule has 2 fully saturated rings. The quantitative estimate of drug-likeness (QED) is 0.890. The lowest BCUT2D eigenvalue weighted by molar-refractivity contribution is 0.0341. The van der Waals surface area contributed by atoms with E-state index in [4.69, 9.17) is 4.74 Å². The summed E-state index contributed by atoms with van der Waals surface area (Å²) in [6.45, 7) is 9.21. The maximum atomic E-state index is 5.41.